The molecule has 1 heteroatoms. The lowest BCUT2D eigenvalue weighted by atomic mass is 9.84. The fourth-order valence-corrected chi connectivity index (χ4v) is 2.43. The van der Waals surface area contributed by atoms with Crippen LogP contribution in [0.2, 0.25) is 0 Å². The first kappa shape index (κ1) is 15.0. The minimum absolute atomic E-state index is 1.000. The van der Waals surface area contributed by atoms with E-state index in [2.05, 4.69) is 39.6 Å². The summed E-state index contributed by atoms with van der Waals surface area (Å²) in [5.74, 6) is 2.00. The van der Waals surface area contributed by atoms with Crippen molar-refractivity contribution < 1.29 is 0 Å². The SMILES string of the molecule is CCC.CCC1CCN(C)CCC1CC. The number of nitrogens with zero attached hydrogens (tertiary/aromatic N) is 1. The first-order valence-electron chi connectivity index (χ1n) is 6.87. The molecule has 0 aliphatic carbocycles. The van der Waals surface area contributed by atoms with E-state index in [1.54, 1.807) is 0 Å². The molecule has 1 heterocycles. The Balaban J connectivity index is 0.000000583. The zero-order valence-corrected chi connectivity index (χ0v) is 11.6. The van der Waals surface area contributed by atoms with Crippen molar-refractivity contribution in [3.63, 3.8) is 0 Å². The first-order valence-corrected chi connectivity index (χ1v) is 6.87. The molecule has 1 rings (SSSR count). The molecular weight excluding hydrogens is 182 g/mol. The van der Waals surface area contributed by atoms with E-state index in [1.807, 2.05) is 0 Å². The normalized spacial score (nSPS) is 27.8. The Morgan fingerprint density at radius 1 is 0.867 bits per heavy atom. The Morgan fingerprint density at radius 3 is 1.47 bits per heavy atom. The van der Waals surface area contributed by atoms with Gasteiger partial charge in [-0.15, -0.1) is 0 Å². The number of hydrogen-bond donors (Lipinski definition) is 0. The van der Waals surface area contributed by atoms with Gasteiger partial charge < -0.3 is 4.90 Å². The Labute approximate surface area is 97.2 Å². The minimum Gasteiger partial charge on any atom is -0.306 e. The summed E-state index contributed by atoms with van der Waals surface area (Å²) in [7, 11) is 2.25. The molecule has 0 aromatic heterocycles. The number of hydrogen-bond acceptors (Lipinski definition) is 1. The van der Waals surface area contributed by atoms with Crippen LogP contribution in [0.15, 0.2) is 0 Å². The molecule has 0 amide bonds. The third-order valence-corrected chi connectivity index (χ3v) is 3.48. The van der Waals surface area contributed by atoms with Crippen molar-refractivity contribution in [2.75, 3.05) is 20.1 Å². The zero-order valence-electron chi connectivity index (χ0n) is 11.6. The van der Waals surface area contributed by atoms with Gasteiger partial charge in [0, 0.05) is 0 Å². The summed E-state index contributed by atoms with van der Waals surface area (Å²) in [6.45, 7) is 11.6. The van der Waals surface area contributed by atoms with Crippen LogP contribution in [0.25, 0.3) is 0 Å². The highest BCUT2D eigenvalue weighted by atomic mass is 15.1. The van der Waals surface area contributed by atoms with Crippen molar-refractivity contribution in [1.82, 2.24) is 4.90 Å². The van der Waals surface area contributed by atoms with Crippen molar-refractivity contribution in [2.24, 2.45) is 11.8 Å². The Bertz CT molecular complexity index is 119. The van der Waals surface area contributed by atoms with Crippen molar-refractivity contribution in [1.29, 1.82) is 0 Å². The fourth-order valence-electron chi connectivity index (χ4n) is 2.43. The van der Waals surface area contributed by atoms with E-state index in [0.717, 1.165) is 11.8 Å². The number of rotatable bonds is 2. The molecule has 92 valence electrons. The summed E-state index contributed by atoms with van der Waals surface area (Å²) in [6.07, 6.45) is 6.86. The van der Waals surface area contributed by atoms with Crippen molar-refractivity contribution in [3.05, 3.63) is 0 Å². The van der Waals surface area contributed by atoms with Crippen LogP contribution in [-0.4, -0.2) is 25.0 Å². The van der Waals surface area contributed by atoms with Gasteiger partial charge in [0.05, 0.1) is 0 Å². The predicted molar refractivity (Wildman–Crippen MR) is 70.3 cm³/mol. The Hall–Kier alpha value is -0.0400. The third-order valence-electron chi connectivity index (χ3n) is 3.48. The van der Waals surface area contributed by atoms with Crippen LogP contribution in [0, 0.1) is 11.8 Å². The van der Waals surface area contributed by atoms with E-state index in [4.69, 9.17) is 0 Å². The monoisotopic (exact) mass is 213 g/mol. The average molecular weight is 213 g/mol. The molecule has 0 radical (unpaired) electrons. The predicted octanol–water partition coefficient (Wildman–Crippen LogP) is 4.18. The molecule has 1 saturated heterocycles. The van der Waals surface area contributed by atoms with Gasteiger partial charge in [0.25, 0.3) is 0 Å². The lowest BCUT2D eigenvalue weighted by Crippen LogP contribution is -2.18. The first-order chi connectivity index (χ1) is 7.19. The van der Waals surface area contributed by atoms with Crippen LogP contribution in [0.1, 0.15) is 59.8 Å². The van der Waals surface area contributed by atoms with Gasteiger partial charge in [-0.1, -0.05) is 47.0 Å². The van der Waals surface area contributed by atoms with Gasteiger partial charge in [0.1, 0.15) is 0 Å². The summed E-state index contributed by atoms with van der Waals surface area (Å²) in [5.41, 5.74) is 0. The molecule has 1 aliphatic heterocycles. The van der Waals surface area contributed by atoms with Gasteiger partial charge >= 0.3 is 0 Å². The summed E-state index contributed by atoms with van der Waals surface area (Å²) in [5, 5.41) is 0. The summed E-state index contributed by atoms with van der Waals surface area (Å²) in [4.78, 5) is 2.48. The summed E-state index contributed by atoms with van der Waals surface area (Å²) >= 11 is 0. The van der Waals surface area contributed by atoms with Crippen molar-refractivity contribution in [2.45, 2.75) is 59.8 Å². The maximum atomic E-state index is 2.48. The quantitative estimate of drug-likeness (QED) is 0.665. The molecule has 15 heavy (non-hydrogen) atoms. The van der Waals surface area contributed by atoms with Crippen LogP contribution < -0.4 is 0 Å². The number of likely N-dealkylation sites (tertiary alicyclic amines) is 1. The lowest BCUT2D eigenvalue weighted by molar-refractivity contribution is 0.304. The third kappa shape index (κ3) is 6.19. The second kappa shape index (κ2) is 9.21. The maximum absolute atomic E-state index is 2.48. The molecule has 2 unspecified atom stereocenters. The molecule has 0 aromatic carbocycles. The molecule has 0 saturated carbocycles. The molecule has 1 aliphatic rings. The summed E-state index contributed by atoms with van der Waals surface area (Å²) in [6, 6.07) is 0. The van der Waals surface area contributed by atoms with Gasteiger partial charge in [-0.2, -0.15) is 0 Å². The molecule has 0 bridgehead atoms. The van der Waals surface area contributed by atoms with Crippen LogP contribution in [0.4, 0.5) is 0 Å². The largest absolute Gasteiger partial charge is 0.306 e. The average Bonchev–Trinajstić information content (AvgIpc) is 2.41. The van der Waals surface area contributed by atoms with Crippen molar-refractivity contribution >= 4 is 0 Å². The molecule has 0 N–H and O–H groups in total. The topological polar surface area (TPSA) is 3.24 Å². The highest BCUT2D eigenvalue weighted by Crippen LogP contribution is 2.28. The van der Waals surface area contributed by atoms with Gasteiger partial charge in [0.15, 0.2) is 0 Å². The highest BCUT2D eigenvalue weighted by molar-refractivity contribution is 4.74. The van der Waals surface area contributed by atoms with Crippen molar-refractivity contribution in [3.8, 4) is 0 Å². The van der Waals surface area contributed by atoms with Crippen LogP contribution in [0.5, 0.6) is 0 Å². The van der Waals surface area contributed by atoms with E-state index < -0.39 is 0 Å². The van der Waals surface area contributed by atoms with Gasteiger partial charge in [-0.25, -0.2) is 0 Å². The summed E-state index contributed by atoms with van der Waals surface area (Å²) < 4.78 is 0. The molecule has 0 aromatic rings. The van der Waals surface area contributed by atoms with E-state index in [0.29, 0.717) is 0 Å². The van der Waals surface area contributed by atoms with Gasteiger partial charge in [-0.05, 0) is 44.8 Å². The molecule has 0 spiro atoms. The standard InChI is InChI=1S/C11H23N.C3H8/c1-4-10-6-8-12(3)9-7-11(10)5-2;1-3-2/h10-11H,4-9H2,1-3H3;3H2,1-2H3. The molecular formula is C14H31N. The minimum atomic E-state index is 1.000. The van der Waals surface area contributed by atoms with Crippen LogP contribution >= 0.6 is 0 Å². The second-order valence-corrected chi connectivity index (χ2v) is 4.92. The molecule has 2 atom stereocenters. The maximum Gasteiger partial charge on any atom is -0.00190 e. The Morgan fingerprint density at radius 2 is 1.20 bits per heavy atom. The smallest absolute Gasteiger partial charge is 0.00190 e. The highest BCUT2D eigenvalue weighted by Gasteiger charge is 2.21. The lowest BCUT2D eigenvalue weighted by Gasteiger charge is -2.21. The van der Waals surface area contributed by atoms with E-state index in [9.17, 15) is 0 Å². The van der Waals surface area contributed by atoms with E-state index in [1.165, 1.54) is 45.2 Å². The molecule has 1 fully saturated rings. The van der Waals surface area contributed by atoms with Gasteiger partial charge in [0.2, 0.25) is 0 Å². The second-order valence-electron chi connectivity index (χ2n) is 4.92. The van der Waals surface area contributed by atoms with E-state index >= 15 is 0 Å². The fraction of sp³-hybridized carbons (Fsp3) is 1.00. The van der Waals surface area contributed by atoms with Crippen LogP contribution in [0.3, 0.4) is 0 Å². The van der Waals surface area contributed by atoms with E-state index in [-0.39, 0.29) is 0 Å². The van der Waals surface area contributed by atoms with Crippen LogP contribution in [-0.2, 0) is 0 Å². The van der Waals surface area contributed by atoms with Gasteiger partial charge in [-0.3, -0.25) is 0 Å². The molecule has 1 nitrogen and oxygen atoms in total. The zero-order chi connectivity index (χ0) is 11.7. The Kier molecular flexibility index (Phi) is 9.18.